The third-order valence-corrected chi connectivity index (χ3v) is 4.40. The quantitative estimate of drug-likeness (QED) is 0.439. The van der Waals surface area contributed by atoms with Crippen LogP contribution in [0.1, 0.15) is 6.42 Å². The molecule has 21 heavy (non-hydrogen) atoms. The van der Waals surface area contributed by atoms with Gasteiger partial charge in [-0.1, -0.05) is 11.8 Å². The molecule has 0 bridgehead atoms. The summed E-state index contributed by atoms with van der Waals surface area (Å²) in [7, 11) is 1.34. The number of rotatable bonds is 6. The minimum Gasteiger partial charge on any atom is -0.481 e. The highest BCUT2D eigenvalue weighted by Crippen LogP contribution is 2.25. The Kier molecular flexibility index (Phi) is 5.45. The molecular weight excluding hydrogens is 407 g/mol. The zero-order valence-corrected chi connectivity index (χ0v) is 14.2. The molecule has 1 heterocycles. The summed E-state index contributed by atoms with van der Waals surface area (Å²) in [4.78, 5) is 26.5. The number of halogens is 1. The molecule has 1 N–H and O–H groups in total. The summed E-state index contributed by atoms with van der Waals surface area (Å²) in [5, 5.41) is 9.40. The van der Waals surface area contributed by atoms with Gasteiger partial charge in [0.1, 0.15) is 0 Å². The fraction of sp³-hybridized carbons (Fsp3) is 0.308. The first kappa shape index (κ1) is 16.1. The summed E-state index contributed by atoms with van der Waals surface area (Å²) in [6.07, 6.45) is 0.217. The fourth-order valence-corrected chi connectivity index (χ4v) is 3.07. The minimum absolute atomic E-state index is 0.0708. The Balaban J connectivity index is 2.34. The van der Waals surface area contributed by atoms with Crippen LogP contribution in [0.5, 0.6) is 0 Å². The van der Waals surface area contributed by atoms with Gasteiger partial charge in [-0.3, -0.25) is 9.59 Å². The van der Waals surface area contributed by atoms with Gasteiger partial charge in [0.15, 0.2) is 5.16 Å². The van der Waals surface area contributed by atoms with E-state index in [9.17, 15) is 9.59 Å². The third kappa shape index (κ3) is 4.10. The number of carbonyl (C=O) groups is 2. The highest BCUT2D eigenvalue weighted by molar-refractivity contribution is 14.1. The number of aromatic nitrogens is 2. The topological polar surface area (TPSA) is 81.4 Å². The SMILES string of the molecule is COC(=O)CCn1c(SCC(=O)O)nc2cc(I)ccc21. The number of methoxy groups -OCH3 is 1. The van der Waals surface area contributed by atoms with E-state index in [2.05, 4.69) is 32.3 Å². The average Bonchev–Trinajstić information content (AvgIpc) is 2.79. The van der Waals surface area contributed by atoms with E-state index in [0.717, 1.165) is 26.4 Å². The Morgan fingerprint density at radius 3 is 2.90 bits per heavy atom. The van der Waals surface area contributed by atoms with Crippen molar-refractivity contribution in [2.24, 2.45) is 0 Å². The molecule has 0 radical (unpaired) electrons. The van der Waals surface area contributed by atoms with Crippen molar-refractivity contribution < 1.29 is 19.4 Å². The number of aryl methyl sites for hydroxylation is 1. The third-order valence-electron chi connectivity index (χ3n) is 2.77. The first-order valence-corrected chi connectivity index (χ1v) is 8.15. The summed E-state index contributed by atoms with van der Waals surface area (Å²) < 4.78 is 7.55. The maximum Gasteiger partial charge on any atom is 0.313 e. The summed E-state index contributed by atoms with van der Waals surface area (Å²) in [6, 6.07) is 5.80. The van der Waals surface area contributed by atoms with Crippen LogP contribution in [0.2, 0.25) is 0 Å². The number of nitrogens with zero attached hydrogens (tertiary/aromatic N) is 2. The van der Waals surface area contributed by atoms with Crippen molar-refractivity contribution in [1.29, 1.82) is 0 Å². The fourth-order valence-electron chi connectivity index (χ4n) is 1.84. The second-order valence-corrected chi connectivity index (χ2v) is 6.38. The van der Waals surface area contributed by atoms with Crippen LogP contribution in [0.15, 0.2) is 23.4 Å². The Hall–Kier alpha value is -1.29. The number of hydrogen-bond donors (Lipinski definition) is 1. The van der Waals surface area contributed by atoms with E-state index in [-0.39, 0.29) is 18.1 Å². The molecule has 112 valence electrons. The standard InChI is InChI=1S/C13H13IN2O4S/c1-20-12(19)4-5-16-10-3-2-8(14)6-9(10)15-13(16)21-7-11(17)18/h2-3,6H,4-5,7H2,1H3,(H,17,18). The number of fused-ring (bicyclic) bond motifs is 1. The van der Waals surface area contributed by atoms with Crippen LogP contribution in [-0.4, -0.2) is 39.5 Å². The summed E-state index contributed by atoms with van der Waals surface area (Å²) in [5.74, 6) is -1.28. The largest absolute Gasteiger partial charge is 0.481 e. The number of benzene rings is 1. The van der Waals surface area contributed by atoms with Crippen LogP contribution in [0.4, 0.5) is 0 Å². The molecule has 6 nitrogen and oxygen atoms in total. The molecule has 0 fully saturated rings. The van der Waals surface area contributed by atoms with Crippen molar-refractivity contribution >= 4 is 57.3 Å². The molecule has 2 aromatic rings. The molecular formula is C13H13IN2O4S. The maximum absolute atomic E-state index is 11.3. The molecule has 0 aliphatic heterocycles. The van der Waals surface area contributed by atoms with Crippen LogP contribution in [-0.2, 0) is 20.9 Å². The van der Waals surface area contributed by atoms with Crippen molar-refractivity contribution in [2.45, 2.75) is 18.1 Å². The van der Waals surface area contributed by atoms with Crippen molar-refractivity contribution in [3.8, 4) is 0 Å². The zero-order chi connectivity index (χ0) is 15.4. The lowest BCUT2D eigenvalue weighted by molar-refractivity contribution is -0.141. The Bertz CT molecular complexity index is 686. The van der Waals surface area contributed by atoms with E-state index in [4.69, 9.17) is 5.11 Å². The van der Waals surface area contributed by atoms with Gasteiger partial charge in [0.05, 0.1) is 30.3 Å². The van der Waals surface area contributed by atoms with E-state index in [1.54, 1.807) is 0 Å². The highest BCUT2D eigenvalue weighted by Gasteiger charge is 2.14. The number of aliphatic carboxylic acids is 1. The van der Waals surface area contributed by atoms with E-state index in [1.165, 1.54) is 7.11 Å². The number of carboxylic acid groups (broad SMARTS) is 1. The van der Waals surface area contributed by atoms with Crippen molar-refractivity contribution in [2.75, 3.05) is 12.9 Å². The van der Waals surface area contributed by atoms with Crippen LogP contribution in [0.3, 0.4) is 0 Å². The lowest BCUT2D eigenvalue weighted by Crippen LogP contribution is -2.08. The lowest BCUT2D eigenvalue weighted by atomic mass is 10.3. The number of esters is 1. The van der Waals surface area contributed by atoms with E-state index >= 15 is 0 Å². The van der Waals surface area contributed by atoms with Gasteiger partial charge in [-0.15, -0.1) is 0 Å². The van der Waals surface area contributed by atoms with Crippen LogP contribution < -0.4 is 0 Å². The van der Waals surface area contributed by atoms with Crippen LogP contribution in [0, 0.1) is 3.57 Å². The van der Waals surface area contributed by atoms with E-state index in [1.807, 2.05) is 22.8 Å². The van der Waals surface area contributed by atoms with Crippen molar-refractivity contribution in [3.63, 3.8) is 0 Å². The lowest BCUT2D eigenvalue weighted by Gasteiger charge is -2.07. The molecule has 0 aliphatic rings. The molecule has 2 rings (SSSR count). The molecule has 0 saturated carbocycles. The van der Waals surface area contributed by atoms with E-state index < -0.39 is 5.97 Å². The molecule has 0 unspecified atom stereocenters. The summed E-state index contributed by atoms with van der Waals surface area (Å²) >= 11 is 3.34. The number of carboxylic acids is 1. The number of hydrogen-bond acceptors (Lipinski definition) is 5. The van der Waals surface area contributed by atoms with E-state index in [0.29, 0.717) is 11.7 Å². The number of carbonyl (C=O) groups excluding carboxylic acids is 1. The predicted molar refractivity (Wildman–Crippen MR) is 87.4 cm³/mol. The monoisotopic (exact) mass is 420 g/mol. The smallest absolute Gasteiger partial charge is 0.313 e. The minimum atomic E-state index is -0.902. The van der Waals surface area contributed by atoms with Crippen molar-refractivity contribution in [1.82, 2.24) is 9.55 Å². The molecule has 0 saturated heterocycles. The Labute approximate surface area is 139 Å². The van der Waals surface area contributed by atoms with Gasteiger partial charge in [-0.2, -0.15) is 0 Å². The van der Waals surface area contributed by atoms with Gasteiger partial charge in [0, 0.05) is 10.1 Å². The molecule has 0 aliphatic carbocycles. The molecule has 0 spiro atoms. The number of thioether (sulfide) groups is 1. The number of ether oxygens (including phenoxy) is 1. The predicted octanol–water partition coefficient (Wildman–Crippen LogP) is 2.38. The maximum atomic E-state index is 11.3. The second kappa shape index (κ2) is 7.12. The highest BCUT2D eigenvalue weighted by atomic mass is 127. The Morgan fingerprint density at radius 1 is 1.48 bits per heavy atom. The first-order chi connectivity index (χ1) is 10.0. The van der Waals surface area contributed by atoms with Crippen LogP contribution >= 0.6 is 34.4 Å². The zero-order valence-electron chi connectivity index (χ0n) is 11.2. The number of imidazole rings is 1. The molecule has 0 amide bonds. The summed E-state index contributed by atoms with van der Waals surface area (Å²) in [5.41, 5.74) is 1.67. The Morgan fingerprint density at radius 2 is 2.24 bits per heavy atom. The normalized spacial score (nSPS) is 10.8. The van der Waals surface area contributed by atoms with Gasteiger partial charge in [-0.05, 0) is 40.8 Å². The van der Waals surface area contributed by atoms with Crippen molar-refractivity contribution in [3.05, 3.63) is 21.8 Å². The molecule has 1 aromatic heterocycles. The summed E-state index contributed by atoms with van der Waals surface area (Å²) in [6.45, 7) is 0.408. The van der Waals surface area contributed by atoms with Gasteiger partial charge in [0.2, 0.25) is 0 Å². The van der Waals surface area contributed by atoms with Gasteiger partial charge >= 0.3 is 11.9 Å². The molecule has 0 atom stereocenters. The molecule has 1 aromatic carbocycles. The average molecular weight is 420 g/mol. The van der Waals surface area contributed by atoms with Gasteiger partial charge < -0.3 is 14.4 Å². The molecule has 8 heteroatoms. The van der Waals surface area contributed by atoms with Gasteiger partial charge in [-0.25, -0.2) is 4.98 Å². The second-order valence-electron chi connectivity index (χ2n) is 4.19. The van der Waals surface area contributed by atoms with Crippen LogP contribution in [0.25, 0.3) is 11.0 Å². The van der Waals surface area contributed by atoms with Gasteiger partial charge in [0.25, 0.3) is 0 Å². The first-order valence-electron chi connectivity index (χ1n) is 6.08.